The van der Waals surface area contributed by atoms with Crippen LogP contribution in [0.15, 0.2) is 0 Å². The molecule has 0 aromatic carbocycles. The third-order valence-corrected chi connectivity index (χ3v) is 6.60. The largest absolute Gasteiger partial charge is 0.465 e. The average molecular weight is 298 g/mol. The number of ketones is 1. The van der Waals surface area contributed by atoms with Crippen LogP contribution >= 0.6 is 0 Å². The minimum Gasteiger partial charge on any atom is -0.465 e. The van der Waals surface area contributed by atoms with Crippen LogP contribution in [0, 0.1) is 16.7 Å². The summed E-state index contributed by atoms with van der Waals surface area (Å²) in [5, 5.41) is 32.8. The maximum Gasteiger partial charge on any atom is 0.306 e. The van der Waals surface area contributed by atoms with E-state index in [2.05, 4.69) is 0 Å². The standard InChI is InChI=1S/C15H22O6/c1-8-9(16)4-14-6-11(18)21-7-12(8,2)15(14,20)10(17)5-13(14,3)19/h8,10,17,19-20H,4-7H2,1-3H3/t8-,10+,12+,13+,14-,15+/m1/s1. The quantitative estimate of drug-likeness (QED) is 0.534. The molecule has 2 aliphatic carbocycles. The molecule has 1 saturated heterocycles. The van der Waals surface area contributed by atoms with Gasteiger partial charge in [-0.3, -0.25) is 9.59 Å². The van der Waals surface area contributed by atoms with E-state index in [0.717, 1.165) is 0 Å². The molecular weight excluding hydrogens is 276 g/mol. The summed E-state index contributed by atoms with van der Waals surface area (Å²) in [5.41, 5.74) is -5.76. The van der Waals surface area contributed by atoms with Gasteiger partial charge in [-0.25, -0.2) is 0 Å². The van der Waals surface area contributed by atoms with Gasteiger partial charge in [0.1, 0.15) is 18.0 Å². The highest BCUT2D eigenvalue weighted by molar-refractivity contribution is 5.86. The number of carbonyl (C=O) groups is 2. The lowest BCUT2D eigenvalue weighted by Crippen LogP contribution is -2.71. The third-order valence-electron chi connectivity index (χ3n) is 6.60. The van der Waals surface area contributed by atoms with Crippen LogP contribution in [0.5, 0.6) is 0 Å². The molecule has 3 rings (SSSR count). The summed E-state index contributed by atoms with van der Waals surface area (Å²) in [4.78, 5) is 24.5. The highest BCUT2D eigenvalue weighted by Crippen LogP contribution is 2.68. The van der Waals surface area contributed by atoms with Gasteiger partial charge in [0, 0.05) is 29.6 Å². The molecule has 0 aromatic rings. The summed E-state index contributed by atoms with van der Waals surface area (Å²) in [6.07, 6.45) is -1.66. The Labute approximate surface area is 123 Å². The maximum atomic E-state index is 12.5. The fraction of sp³-hybridized carbons (Fsp3) is 0.867. The monoisotopic (exact) mass is 298 g/mol. The lowest BCUT2D eigenvalue weighted by Gasteiger charge is -2.59. The summed E-state index contributed by atoms with van der Waals surface area (Å²) < 4.78 is 5.20. The number of carbonyl (C=O) groups excluding carboxylic acids is 2. The molecule has 6 heteroatoms. The van der Waals surface area contributed by atoms with Crippen molar-refractivity contribution in [3.05, 3.63) is 0 Å². The summed E-state index contributed by atoms with van der Waals surface area (Å²) in [7, 11) is 0. The van der Waals surface area contributed by atoms with Crippen LogP contribution in [0.3, 0.4) is 0 Å². The van der Waals surface area contributed by atoms with Gasteiger partial charge in [0.25, 0.3) is 0 Å². The van der Waals surface area contributed by atoms with E-state index in [1.54, 1.807) is 13.8 Å². The number of rotatable bonds is 0. The molecule has 3 aliphatic rings. The molecule has 0 unspecified atom stereocenters. The number of ether oxygens (including phenoxy) is 1. The van der Waals surface area contributed by atoms with Gasteiger partial charge in [0.15, 0.2) is 0 Å². The van der Waals surface area contributed by atoms with Crippen molar-refractivity contribution in [2.24, 2.45) is 16.7 Å². The second-order valence-electron chi connectivity index (χ2n) is 7.46. The fourth-order valence-electron chi connectivity index (χ4n) is 4.99. The van der Waals surface area contributed by atoms with E-state index in [-0.39, 0.29) is 31.7 Å². The van der Waals surface area contributed by atoms with E-state index < -0.39 is 40.0 Å². The Hall–Kier alpha value is -0.980. The summed E-state index contributed by atoms with van der Waals surface area (Å²) in [6.45, 7) is 4.69. The second-order valence-corrected chi connectivity index (χ2v) is 7.46. The molecule has 0 amide bonds. The zero-order valence-electron chi connectivity index (χ0n) is 12.5. The van der Waals surface area contributed by atoms with Crippen LogP contribution in [-0.4, -0.2) is 51.0 Å². The van der Waals surface area contributed by atoms with Gasteiger partial charge in [-0.15, -0.1) is 0 Å². The van der Waals surface area contributed by atoms with Crippen molar-refractivity contribution in [1.29, 1.82) is 0 Å². The van der Waals surface area contributed by atoms with Crippen LogP contribution in [0.4, 0.5) is 0 Å². The normalized spacial score (nSPS) is 56.7. The van der Waals surface area contributed by atoms with Crippen molar-refractivity contribution < 1.29 is 29.6 Å². The van der Waals surface area contributed by atoms with E-state index >= 15 is 0 Å². The number of aliphatic hydroxyl groups excluding tert-OH is 1. The van der Waals surface area contributed by atoms with Crippen LogP contribution < -0.4 is 0 Å². The first-order chi connectivity index (χ1) is 9.52. The molecule has 3 fully saturated rings. The Kier molecular flexibility index (Phi) is 2.74. The molecule has 2 saturated carbocycles. The topological polar surface area (TPSA) is 104 Å². The van der Waals surface area contributed by atoms with Crippen molar-refractivity contribution in [1.82, 2.24) is 0 Å². The smallest absolute Gasteiger partial charge is 0.306 e. The molecule has 0 radical (unpaired) electrons. The molecule has 1 heterocycles. The van der Waals surface area contributed by atoms with E-state index in [1.165, 1.54) is 6.92 Å². The SMILES string of the molecule is C[C@@H]1C(=O)C[C@]23CC(=O)OC[C@]1(C)[C@@]2(O)[C@@H](O)C[C@]3(C)O. The molecule has 0 spiro atoms. The molecule has 0 aromatic heterocycles. The van der Waals surface area contributed by atoms with Gasteiger partial charge >= 0.3 is 5.97 Å². The van der Waals surface area contributed by atoms with E-state index in [9.17, 15) is 24.9 Å². The predicted molar refractivity (Wildman–Crippen MR) is 71.1 cm³/mol. The molecule has 21 heavy (non-hydrogen) atoms. The van der Waals surface area contributed by atoms with Gasteiger partial charge in [0.05, 0.1) is 18.1 Å². The maximum absolute atomic E-state index is 12.5. The number of esters is 1. The molecule has 6 atom stereocenters. The first-order valence-corrected chi connectivity index (χ1v) is 7.33. The number of hydrogen-bond acceptors (Lipinski definition) is 6. The zero-order valence-corrected chi connectivity index (χ0v) is 12.5. The molecule has 1 aliphatic heterocycles. The number of aliphatic hydroxyl groups is 3. The van der Waals surface area contributed by atoms with Gasteiger partial charge in [-0.05, 0) is 6.92 Å². The zero-order chi connectivity index (χ0) is 15.8. The van der Waals surface area contributed by atoms with Crippen molar-refractivity contribution >= 4 is 11.8 Å². The molecule has 2 bridgehead atoms. The van der Waals surface area contributed by atoms with Crippen LogP contribution in [0.2, 0.25) is 0 Å². The summed E-state index contributed by atoms with van der Waals surface area (Å²) in [5.74, 6) is -1.23. The first-order valence-electron chi connectivity index (χ1n) is 7.33. The number of Topliss-reactive ketones (excluding diaryl/α,β-unsaturated/α-hetero) is 1. The van der Waals surface area contributed by atoms with E-state index in [4.69, 9.17) is 4.74 Å². The minimum absolute atomic E-state index is 0.0631. The molecule has 6 nitrogen and oxygen atoms in total. The van der Waals surface area contributed by atoms with Gasteiger partial charge in [-0.1, -0.05) is 13.8 Å². The van der Waals surface area contributed by atoms with Crippen molar-refractivity contribution in [2.75, 3.05) is 6.61 Å². The van der Waals surface area contributed by atoms with Gasteiger partial charge in [0.2, 0.25) is 0 Å². The van der Waals surface area contributed by atoms with Gasteiger partial charge in [-0.2, -0.15) is 0 Å². The van der Waals surface area contributed by atoms with Gasteiger partial charge < -0.3 is 20.1 Å². The van der Waals surface area contributed by atoms with E-state index in [0.29, 0.717) is 0 Å². The summed E-state index contributed by atoms with van der Waals surface area (Å²) in [6, 6.07) is 0. The van der Waals surface area contributed by atoms with E-state index in [1.807, 2.05) is 0 Å². The second kappa shape index (κ2) is 3.86. The van der Waals surface area contributed by atoms with Crippen molar-refractivity contribution in [3.8, 4) is 0 Å². The predicted octanol–water partition coefficient (Wildman–Crippen LogP) is -0.218. The number of hydrogen-bond donors (Lipinski definition) is 3. The minimum atomic E-state index is -1.73. The first kappa shape index (κ1) is 14.9. The number of cyclic esters (lactones) is 1. The molecular formula is C15H22O6. The Morgan fingerprint density at radius 1 is 1.19 bits per heavy atom. The van der Waals surface area contributed by atoms with Crippen molar-refractivity contribution in [2.45, 2.75) is 57.3 Å². The lowest BCUT2D eigenvalue weighted by atomic mass is 9.46. The summed E-state index contributed by atoms with van der Waals surface area (Å²) >= 11 is 0. The highest BCUT2D eigenvalue weighted by atomic mass is 16.5. The van der Waals surface area contributed by atoms with Crippen LogP contribution in [0.25, 0.3) is 0 Å². The van der Waals surface area contributed by atoms with Crippen LogP contribution in [0.1, 0.15) is 40.0 Å². The average Bonchev–Trinajstić information content (AvgIpc) is 2.48. The fourth-order valence-corrected chi connectivity index (χ4v) is 4.99. The molecule has 3 N–H and O–H groups in total. The molecule has 118 valence electrons. The Morgan fingerprint density at radius 2 is 1.81 bits per heavy atom. The third kappa shape index (κ3) is 1.39. The van der Waals surface area contributed by atoms with Crippen LogP contribution in [-0.2, 0) is 14.3 Å². The van der Waals surface area contributed by atoms with Crippen molar-refractivity contribution in [3.63, 3.8) is 0 Å². The Bertz CT molecular complexity index is 528. The Morgan fingerprint density at radius 3 is 2.43 bits per heavy atom. The Balaban J connectivity index is 2.32. The highest BCUT2D eigenvalue weighted by Gasteiger charge is 2.80. The lowest BCUT2D eigenvalue weighted by molar-refractivity contribution is -0.250.